The van der Waals surface area contributed by atoms with Gasteiger partial charge >= 0.3 is 0 Å². The van der Waals surface area contributed by atoms with E-state index < -0.39 is 5.82 Å². The first kappa shape index (κ1) is 12.7. The van der Waals surface area contributed by atoms with Gasteiger partial charge in [0.25, 0.3) is 5.91 Å². The Balaban J connectivity index is 3.15. The Morgan fingerprint density at radius 1 is 1.60 bits per heavy atom. The number of benzene rings is 1. The van der Waals surface area contributed by atoms with E-state index in [-0.39, 0.29) is 10.9 Å². The van der Waals surface area contributed by atoms with Gasteiger partial charge < -0.3 is 4.90 Å². The van der Waals surface area contributed by atoms with Crippen LogP contribution in [-0.4, -0.2) is 24.4 Å². The zero-order valence-electron chi connectivity index (χ0n) is 8.35. The van der Waals surface area contributed by atoms with Crippen molar-refractivity contribution in [3.8, 4) is 0 Å². The predicted molar refractivity (Wildman–Crippen MR) is 66.8 cm³/mol. The fourth-order valence-corrected chi connectivity index (χ4v) is 1.73. The molecule has 0 aliphatic carbocycles. The minimum absolute atomic E-state index is 0.151. The summed E-state index contributed by atoms with van der Waals surface area (Å²) in [6.45, 7) is 2.45. The van der Waals surface area contributed by atoms with E-state index in [9.17, 15) is 9.18 Å². The Kier molecular flexibility index (Phi) is 4.33. The van der Waals surface area contributed by atoms with Gasteiger partial charge in [-0.15, -0.1) is 0 Å². The van der Waals surface area contributed by atoms with Crippen molar-refractivity contribution in [3.63, 3.8) is 0 Å². The van der Waals surface area contributed by atoms with Crippen LogP contribution in [0.1, 0.15) is 17.3 Å². The molecule has 0 N–H and O–H groups in total. The summed E-state index contributed by atoms with van der Waals surface area (Å²) in [6, 6.07) is 2.63. The first-order chi connectivity index (χ1) is 6.97. The first-order valence-corrected chi connectivity index (χ1v) is 5.83. The third kappa shape index (κ3) is 2.81. The molecule has 5 heteroatoms. The number of hydrogen-bond acceptors (Lipinski definition) is 1. The molecule has 1 rings (SSSR count). The molecule has 0 radical (unpaired) electrons. The van der Waals surface area contributed by atoms with Crippen LogP contribution >= 0.6 is 34.2 Å². The third-order valence-electron chi connectivity index (χ3n) is 2.06. The van der Waals surface area contributed by atoms with Crippen molar-refractivity contribution in [2.24, 2.45) is 0 Å². The van der Waals surface area contributed by atoms with Crippen LogP contribution in [0.25, 0.3) is 0 Å². The second kappa shape index (κ2) is 5.12. The van der Waals surface area contributed by atoms with Crippen LogP contribution in [0, 0.1) is 9.39 Å². The Bertz CT molecular complexity index is 397. The second-order valence-electron chi connectivity index (χ2n) is 3.07. The molecular weight excluding hydrogens is 331 g/mol. The summed E-state index contributed by atoms with van der Waals surface area (Å²) in [5.74, 6) is -0.600. The molecule has 15 heavy (non-hydrogen) atoms. The molecule has 0 aromatic heterocycles. The highest BCUT2D eigenvalue weighted by atomic mass is 127. The lowest BCUT2D eigenvalue weighted by atomic mass is 10.2. The van der Waals surface area contributed by atoms with Crippen molar-refractivity contribution in [2.45, 2.75) is 6.92 Å². The quantitative estimate of drug-likeness (QED) is 0.598. The highest BCUT2D eigenvalue weighted by molar-refractivity contribution is 14.1. The summed E-state index contributed by atoms with van der Waals surface area (Å²) < 4.78 is 13.5. The molecule has 0 saturated carbocycles. The van der Waals surface area contributed by atoms with E-state index in [1.807, 2.05) is 29.5 Å². The number of amides is 1. The van der Waals surface area contributed by atoms with E-state index in [0.717, 1.165) is 0 Å². The van der Waals surface area contributed by atoms with Gasteiger partial charge in [0.1, 0.15) is 5.82 Å². The number of rotatable bonds is 2. The average Bonchev–Trinajstić information content (AvgIpc) is 2.21. The summed E-state index contributed by atoms with van der Waals surface area (Å²) >= 11 is 7.64. The normalized spacial score (nSPS) is 10.2. The van der Waals surface area contributed by atoms with E-state index in [2.05, 4.69) is 0 Å². The van der Waals surface area contributed by atoms with Gasteiger partial charge in [-0.1, -0.05) is 11.6 Å². The standard InChI is InChI=1S/C10H10ClFINO/c1-3-14(2)10(15)6-4-9(13)8(12)5-7(6)11/h4-5H,3H2,1-2H3. The topological polar surface area (TPSA) is 20.3 Å². The summed E-state index contributed by atoms with van der Waals surface area (Å²) in [5, 5.41) is 0.151. The van der Waals surface area contributed by atoms with E-state index in [0.29, 0.717) is 15.7 Å². The molecule has 0 spiro atoms. The molecule has 0 fully saturated rings. The van der Waals surface area contributed by atoms with E-state index in [1.165, 1.54) is 17.0 Å². The Labute approximate surface area is 107 Å². The number of carbonyl (C=O) groups is 1. The molecule has 0 saturated heterocycles. The SMILES string of the molecule is CCN(C)C(=O)c1cc(I)c(F)cc1Cl. The van der Waals surface area contributed by atoms with Crippen LogP contribution in [0.4, 0.5) is 4.39 Å². The molecule has 0 bridgehead atoms. The zero-order chi connectivity index (χ0) is 11.6. The molecule has 2 nitrogen and oxygen atoms in total. The van der Waals surface area contributed by atoms with Gasteiger partial charge in [-0.05, 0) is 41.6 Å². The fraction of sp³-hybridized carbons (Fsp3) is 0.300. The van der Waals surface area contributed by atoms with Crippen LogP contribution in [0.3, 0.4) is 0 Å². The van der Waals surface area contributed by atoms with Crippen LogP contribution < -0.4 is 0 Å². The van der Waals surface area contributed by atoms with Crippen LogP contribution in [-0.2, 0) is 0 Å². The van der Waals surface area contributed by atoms with Crippen molar-refractivity contribution in [2.75, 3.05) is 13.6 Å². The lowest BCUT2D eigenvalue weighted by Crippen LogP contribution is -2.26. The van der Waals surface area contributed by atoms with E-state index in [4.69, 9.17) is 11.6 Å². The molecule has 82 valence electrons. The van der Waals surface area contributed by atoms with Gasteiger partial charge in [0.15, 0.2) is 0 Å². The van der Waals surface area contributed by atoms with Crippen molar-refractivity contribution in [3.05, 3.63) is 32.1 Å². The van der Waals surface area contributed by atoms with Crippen molar-refractivity contribution in [1.82, 2.24) is 4.90 Å². The Morgan fingerprint density at radius 2 is 2.20 bits per heavy atom. The largest absolute Gasteiger partial charge is 0.342 e. The van der Waals surface area contributed by atoms with Crippen molar-refractivity contribution >= 4 is 40.1 Å². The van der Waals surface area contributed by atoms with Crippen LogP contribution in [0.5, 0.6) is 0 Å². The van der Waals surface area contributed by atoms with Gasteiger partial charge in [0.05, 0.1) is 10.6 Å². The lowest BCUT2D eigenvalue weighted by molar-refractivity contribution is 0.0802. The smallest absolute Gasteiger partial charge is 0.255 e. The van der Waals surface area contributed by atoms with Crippen LogP contribution in [0.2, 0.25) is 5.02 Å². The van der Waals surface area contributed by atoms with E-state index >= 15 is 0 Å². The number of nitrogens with zero attached hydrogens (tertiary/aromatic N) is 1. The summed E-state index contributed by atoms with van der Waals surface area (Å²) in [6.07, 6.45) is 0. The average molecular weight is 342 g/mol. The second-order valence-corrected chi connectivity index (χ2v) is 4.63. The van der Waals surface area contributed by atoms with Crippen LogP contribution in [0.15, 0.2) is 12.1 Å². The van der Waals surface area contributed by atoms with Gasteiger partial charge in [-0.2, -0.15) is 0 Å². The van der Waals surface area contributed by atoms with Crippen molar-refractivity contribution < 1.29 is 9.18 Å². The molecular formula is C10H10ClFINO. The number of carbonyl (C=O) groups excluding carboxylic acids is 1. The molecule has 0 heterocycles. The van der Waals surface area contributed by atoms with Crippen molar-refractivity contribution in [1.29, 1.82) is 0 Å². The highest BCUT2D eigenvalue weighted by Crippen LogP contribution is 2.23. The van der Waals surface area contributed by atoms with Gasteiger partial charge in [-0.25, -0.2) is 4.39 Å². The minimum Gasteiger partial charge on any atom is -0.342 e. The maximum absolute atomic E-state index is 13.1. The predicted octanol–water partition coefficient (Wildman–Crippen LogP) is 3.18. The molecule has 1 aromatic rings. The third-order valence-corrected chi connectivity index (χ3v) is 3.20. The molecule has 0 atom stereocenters. The minimum atomic E-state index is -0.406. The molecule has 0 aliphatic heterocycles. The van der Waals surface area contributed by atoms with E-state index in [1.54, 1.807) is 7.05 Å². The Morgan fingerprint density at radius 3 is 2.73 bits per heavy atom. The fourth-order valence-electron chi connectivity index (χ4n) is 1.04. The Hall–Kier alpha value is -0.360. The summed E-state index contributed by atoms with van der Waals surface area (Å²) in [4.78, 5) is 13.3. The summed E-state index contributed by atoms with van der Waals surface area (Å²) in [7, 11) is 1.68. The monoisotopic (exact) mass is 341 g/mol. The molecule has 0 unspecified atom stereocenters. The van der Waals surface area contributed by atoms with Gasteiger partial charge in [0, 0.05) is 17.2 Å². The highest BCUT2D eigenvalue weighted by Gasteiger charge is 2.16. The maximum Gasteiger partial charge on any atom is 0.255 e. The lowest BCUT2D eigenvalue weighted by Gasteiger charge is -2.15. The van der Waals surface area contributed by atoms with Gasteiger partial charge in [-0.3, -0.25) is 4.79 Å². The molecule has 1 amide bonds. The summed E-state index contributed by atoms with van der Waals surface area (Å²) in [5.41, 5.74) is 0.340. The molecule has 0 aliphatic rings. The molecule has 1 aromatic carbocycles. The maximum atomic E-state index is 13.1. The van der Waals surface area contributed by atoms with Gasteiger partial charge in [0.2, 0.25) is 0 Å². The number of halogens is 3. The first-order valence-electron chi connectivity index (χ1n) is 4.37. The number of hydrogen-bond donors (Lipinski definition) is 0. The zero-order valence-corrected chi connectivity index (χ0v) is 11.3.